The topological polar surface area (TPSA) is 28.6 Å². The van der Waals surface area contributed by atoms with Crippen molar-refractivity contribution in [3.05, 3.63) is 23.9 Å². The highest BCUT2D eigenvalue weighted by molar-refractivity contribution is 5.18. The molecule has 2 unspecified atom stereocenters. The molecule has 0 amide bonds. The van der Waals surface area contributed by atoms with Gasteiger partial charge in [-0.25, -0.2) is 4.98 Å². The molecule has 1 aliphatic heterocycles. The molecule has 2 heterocycles. The average Bonchev–Trinajstić information content (AvgIpc) is 2.43. The molecule has 1 fully saturated rings. The molecular weight excluding hydrogens is 250 g/mol. The number of methoxy groups -OCH3 is 1. The number of piperazine rings is 1. The Labute approximate surface area is 122 Å². The van der Waals surface area contributed by atoms with Crippen molar-refractivity contribution in [1.82, 2.24) is 14.8 Å². The van der Waals surface area contributed by atoms with Crippen LogP contribution in [0.3, 0.4) is 0 Å². The van der Waals surface area contributed by atoms with Crippen molar-refractivity contribution in [2.45, 2.75) is 52.4 Å². The second kappa shape index (κ2) is 6.55. The lowest BCUT2D eigenvalue weighted by Crippen LogP contribution is -2.57. The van der Waals surface area contributed by atoms with Crippen molar-refractivity contribution in [3.8, 4) is 5.88 Å². The molecule has 112 valence electrons. The monoisotopic (exact) mass is 277 g/mol. The van der Waals surface area contributed by atoms with Crippen molar-refractivity contribution >= 4 is 0 Å². The van der Waals surface area contributed by atoms with Crippen molar-refractivity contribution in [3.63, 3.8) is 0 Å². The predicted molar refractivity (Wildman–Crippen MR) is 82.0 cm³/mol. The normalized spacial score (nSPS) is 25.1. The molecule has 4 nitrogen and oxygen atoms in total. The highest BCUT2D eigenvalue weighted by atomic mass is 16.5. The third kappa shape index (κ3) is 3.49. The highest BCUT2D eigenvalue weighted by Gasteiger charge is 2.30. The zero-order chi connectivity index (χ0) is 14.7. The van der Waals surface area contributed by atoms with Crippen LogP contribution in [0.25, 0.3) is 0 Å². The fourth-order valence-electron chi connectivity index (χ4n) is 2.97. The summed E-state index contributed by atoms with van der Waals surface area (Å²) in [5.41, 5.74) is 1.25. The molecule has 0 aliphatic carbocycles. The van der Waals surface area contributed by atoms with Crippen LogP contribution in [0.1, 0.15) is 33.3 Å². The van der Waals surface area contributed by atoms with Crippen molar-refractivity contribution in [2.75, 3.05) is 20.2 Å². The first-order valence-corrected chi connectivity index (χ1v) is 7.50. The van der Waals surface area contributed by atoms with Crippen molar-refractivity contribution in [2.24, 2.45) is 0 Å². The second-order valence-electron chi connectivity index (χ2n) is 6.13. The minimum atomic E-state index is 0.572. The molecule has 2 atom stereocenters. The van der Waals surface area contributed by atoms with Gasteiger partial charge in [-0.2, -0.15) is 0 Å². The lowest BCUT2D eigenvalue weighted by atomic mass is 10.1. The van der Waals surface area contributed by atoms with Crippen molar-refractivity contribution in [1.29, 1.82) is 0 Å². The Hall–Kier alpha value is -1.13. The molecule has 4 heteroatoms. The molecular formula is C16H27N3O. The number of aromatic nitrogens is 1. The van der Waals surface area contributed by atoms with Crippen LogP contribution in [0.15, 0.2) is 18.3 Å². The summed E-state index contributed by atoms with van der Waals surface area (Å²) in [5.74, 6) is 0.680. The maximum atomic E-state index is 5.11. The third-order valence-electron chi connectivity index (χ3n) is 4.23. The van der Waals surface area contributed by atoms with Gasteiger partial charge in [-0.3, -0.25) is 9.80 Å². The van der Waals surface area contributed by atoms with Crippen LogP contribution in [0.2, 0.25) is 0 Å². The van der Waals surface area contributed by atoms with E-state index in [0.29, 0.717) is 24.0 Å². The first-order valence-electron chi connectivity index (χ1n) is 7.50. The van der Waals surface area contributed by atoms with Gasteiger partial charge in [0.05, 0.1) is 7.11 Å². The Balaban J connectivity index is 2.01. The van der Waals surface area contributed by atoms with Gasteiger partial charge in [-0.1, -0.05) is 6.07 Å². The minimum absolute atomic E-state index is 0.572. The smallest absolute Gasteiger partial charge is 0.212 e. The van der Waals surface area contributed by atoms with E-state index in [-0.39, 0.29) is 0 Å². The van der Waals surface area contributed by atoms with E-state index in [1.54, 1.807) is 7.11 Å². The summed E-state index contributed by atoms with van der Waals surface area (Å²) in [5, 5.41) is 0. The van der Waals surface area contributed by atoms with Gasteiger partial charge >= 0.3 is 0 Å². The standard InChI is InChI=1S/C16H27N3O/c1-12(2)18-9-13(3)19(14(4)10-18)11-15-6-7-16(20-5)17-8-15/h6-8,12-14H,9-11H2,1-5H3. The van der Waals surface area contributed by atoms with Gasteiger partial charge in [0, 0.05) is 50.0 Å². The van der Waals surface area contributed by atoms with Gasteiger partial charge in [0.1, 0.15) is 0 Å². The summed E-state index contributed by atoms with van der Waals surface area (Å²) >= 11 is 0. The van der Waals surface area contributed by atoms with E-state index >= 15 is 0 Å². The number of nitrogens with zero attached hydrogens (tertiary/aromatic N) is 3. The van der Waals surface area contributed by atoms with E-state index in [9.17, 15) is 0 Å². The van der Waals surface area contributed by atoms with Gasteiger partial charge in [-0.05, 0) is 33.3 Å². The maximum Gasteiger partial charge on any atom is 0.212 e. The molecule has 0 N–H and O–H groups in total. The van der Waals surface area contributed by atoms with Crippen molar-refractivity contribution < 1.29 is 4.74 Å². The summed E-state index contributed by atoms with van der Waals surface area (Å²) in [7, 11) is 1.65. The SMILES string of the molecule is COc1ccc(CN2C(C)CN(C(C)C)CC2C)cn1. The Bertz CT molecular complexity index is 406. The molecule has 1 aromatic rings. The molecule has 0 bridgehead atoms. The predicted octanol–water partition coefficient (Wildman–Crippen LogP) is 2.39. The number of pyridine rings is 1. The molecule has 0 aromatic carbocycles. The largest absolute Gasteiger partial charge is 0.481 e. The fraction of sp³-hybridized carbons (Fsp3) is 0.688. The fourth-order valence-corrected chi connectivity index (χ4v) is 2.97. The van der Waals surface area contributed by atoms with E-state index < -0.39 is 0 Å². The van der Waals surface area contributed by atoms with E-state index in [1.165, 1.54) is 5.56 Å². The molecule has 2 rings (SSSR count). The lowest BCUT2D eigenvalue weighted by Gasteiger charge is -2.46. The molecule has 1 saturated heterocycles. The third-order valence-corrected chi connectivity index (χ3v) is 4.23. The Morgan fingerprint density at radius 2 is 1.90 bits per heavy atom. The van der Waals surface area contributed by atoms with Crippen LogP contribution < -0.4 is 4.74 Å². The first kappa shape index (κ1) is 15.3. The van der Waals surface area contributed by atoms with Gasteiger partial charge in [0.25, 0.3) is 0 Å². The number of rotatable bonds is 4. The van der Waals surface area contributed by atoms with E-state index in [4.69, 9.17) is 4.74 Å². The number of hydrogen-bond acceptors (Lipinski definition) is 4. The van der Waals surface area contributed by atoms with Gasteiger partial charge in [-0.15, -0.1) is 0 Å². The molecule has 1 aromatic heterocycles. The first-order chi connectivity index (χ1) is 9.51. The quantitative estimate of drug-likeness (QED) is 0.845. The molecule has 20 heavy (non-hydrogen) atoms. The average molecular weight is 277 g/mol. The van der Waals surface area contributed by atoms with E-state index in [2.05, 4.69) is 48.5 Å². The van der Waals surface area contributed by atoms with Gasteiger partial charge < -0.3 is 4.74 Å². The lowest BCUT2D eigenvalue weighted by molar-refractivity contribution is 0.0182. The zero-order valence-corrected chi connectivity index (χ0v) is 13.3. The van der Waals surface area contributed by atoms with Crippen LogP contribution in [0.4, 0.5) is 0 Å². The van der Waals surface area contributed by atoms with Gasteiger partial charge in [0.15, 0.2) is 0 Å². The summed E-state index contributed by atoms with van der Waals surface area (Å²) in [4.78, 5) is 9.44. The minimum Gasteiger partial charge on any atom is -0.481 e. The van der Waals surface area contributed by atoms with Crippen LogP contribution in [-0.4, -0.2) is 53.1 Å². The second-order valence-corrected chi connectivity index (χ2v) is 6.13. The Morgan fingerprint density at radius 1 is 1.25 bits per heavy atom. The molecule has 1 aliphatic rings. The molecule has 0 saturated carbocycles. The van der Waals surface area contributed by atoms with Crippen LogP contribution in [0.5, 0.6) is 5.88 Å². The summed E-state index contributed by atoms with van der Waals surface area (Å²) in [6.45, 7) is 12.5. The van der Waals surface area contributed by atoms with Crippen LogP contribution >= 0.6 is 0 Å². The molecule has 0 radical (unpaired) electrons. The Kier molecular flexibility index (Phi) is 5.00. The Morgan fingerprint density at radius 3 is 2.35 bits per heavy atom. The molecule has 0 spiro atoms. The maximum absolute atomic E-state index is 5.11. The van der Waals surface area contributed by atoms with Gasteiger partial charge in [0.2, 0.25) is 5.88 Å². The van der Waals surface area contributed by atoms with Crippen LogP contribution in [0, 0.1) is 0 Å². The van der Waals surface area contributed by atoms with E-state index in [0.717, 1.165) is 19.6 Å². The summed E-state index contributed by atoms with van der Waals surface area (Å²) in [6, 6.07) is 5.82. The van der Waals surface area contributed by atoms with Crippen LogP contribution in [-0.2, 0) is 6.54 Å². The number of ether oxygens (including phenoxy) is 1. The van der Waals surface area contributed by atoms with E-state index in [1.807, 2.05) is 12.3 Å². The number of hydrogen-bond donors (Lipinski definition) is 0. The zero-order valence-electron chi connectivity index (χ0n) is 13.3. The highest BCUT2D eigenvalue weighted by Crippen LogP contribution is 2.20. The summed E-state index contributed by atoms with van der Waals surface area (Å²) < 4.78 is 5.11. The summed E-state index contributed by atoms with van der Waals surface area (Å²) in [6.07, 6.45) is 1.92.